The minimum absolute atomic E-state index is 0.172. The molecule has 0 radical (unpaired) electrons. The molecule has 5 heteroatoms. The first kappa shape index (κ1) is 14.3. The molecule has 0 aliphatic rings. The van der Waals surface area contributed by atoms with Gasteiger partial charge in [0.2, 0.25) is 0 Å². The zero-order chi connectivity index (χ0) is 14.2. The second-order valence-electron chi connectivity index (χ2n) is 4.17. The highest BCUT2D eigenvalue weighted by molar-refractivity contribution is 7.80. The van der Waals surface area contributed by atoms with E-state index in [1.165, 1.54) is 0 Å². The van der Waals surface area contributed by atoms with Gasteiger partial charge in [-0.3, -0.25) is 4.98 Å². The lowest BCUT2D eigenvalue weighted by atomic mass is 10.3. The van der Waals surface area contributed by atoms with Gasteiger partial charge in [0.15, 0.2) is 11.3 Å². The summed E-state index contributed by atoms with van der Waals surface area (Å²) < 4.78 is 5.82. The maximum Gasteiger partial charge on any atom is 0.173 e. The molecule has 2 rings (SSSR count). The molecule has 0 bridgehead atoms. The molecule has 0 aliphatic carbocycles. The number of aromatic nitrogens is 1. The lowest BCUT2D eigenvalue weighted by molar-refractivity contribution is 0.183. The number of rotatable bonds is 5. The van der Waals surface area contributed by atoms with E-state index in [2.05, 4.69) is 15.6 Å². The van der Waals surface area contributed by atoms with Gasteiger partial charge in [-0.15, -0.1) is 0 Å². The van der Waals surface area contributed by atoms with Crippen molar-refractivity contribution < 1.29 is 4.74 Å². The van der Waals surface area contributed by atoms with E-state index in [0.717, 1.165) is 17.9 Å². The molecule has 0 fully saturated rings. The number of para-hydroxylation sites is 1. The fraction of sp³-hybridized carbons (Fsp3) is 0.200. The number of benzene rings is 1. The Balaban J connectivity index is 1.88. The minimum Gasteiger partial charge on any atom is -0.471 e. The van der Waals surface area contributed by atoms with Crippen LogP contribution in [-0.4, -0.2) is 16.3 Å². The van der Waals surface area contributed by atoms with Gasteiger partial charge in [0, 0.05) is 12.6 Å². The predicted octanol–water partition coefficient (Wildman–Crippen LogP) is 3.18. The van der Waals surface area contributed by atoms with Crippen molar-refractivity contribution >= 4 is 23.0 Å². The van der Waals surface area contributed by atoms with Gasteiger partial charge in [0.1, 0.15) is 5.75 Å². The van der Waals surface area contributed by atoms with Crippen molar-refractivity contribution in [2.45, 2.75) is 19.6 Å². The van der Waals surface area contributed by atoms with Crippen molar-refractivity contribution in [3.8, 4) is 5.75 Å². The Morgan fingerprint density at radius 3 is 2.70 bits per heavy atom. The van der Waals surface area contributed by atoms with Crippen molar-refractivity contribution in [2.75, 3.05) is 5.32 Å². The van der Waals surface area contributed by atoms with E-state index in [4.69, 9.17) is 17.0 Å². The van der Waals surface area contributed by atoms with Crippen LogP contribution in [0.3, 0.4) is 0 Å². The Labute approximate surface area is 124 Å². The molecular formula is C15H17N3OS. The number of nitrogens with zero attached hydrogens (tertiary/aromatic N) is 1. The van der Waals surface area contributed by atoms with E-state index in [0.29, 0.717) is 5.11 Å². The molecule has 0 amide bonds. The van der Waals surface area contributed by atoms with Crippen molar-refractivity contribution in [1.82, 2.24) is 10.3 Å². The zero-order valence-corrected chi connectivity index (χ0v) is 12.1. The number of hydrogen-bond donors (Lipinski definition) is 2. The number of ether oxygens (including phenoxy) is 1. The molecule has 1 unspecified atom stereocenters. The predicted molar refractivity (Wildman–Crippen MR) is 84.7 cm³/mol. The average molecular weight is 287 g/mol. The van der Waals surface area contributed by atoms with Crippen LogP contribution in [0.4, 0.5) is 5.69 Å². The fourth-order valence-corrected chi connectivity index (χ4v) is 1.88. The topological polar surface area (TPSA) is 46.2 Å². The summed E-state index contributed by atoms with van der Waals surface area (Å²) in [6, 6.07) is 13.4. The van der Waals surface area contributed by atoms with Gasteiger partial charge in [-0.05, 0) is 36.5 Å². The van der Waals surface area contributed by atoms with Crippen molar-refractivity contribution in [1.29, 1.82) is 0 Å². The maximum absolute atomic E-state index is 5.82. The average Bonchev–Trinajstić information content (AvgIpc) is 2.48. The van der Waals surface area contributed by atoms with E-state index in [-0.39, 0.29) is 6.23 Å². The molecular weight excluding hydrogens is 270 g/mol. The van der Waals surface area contributed by atoms with Gasteiger partial charge in [-0.2, -0.15) is 0 Å². The van der Waals surface area contributed by atoms with Gasteiger partial charge < -0.3 is 15.4 Å². The van der Waals surface area contributed by atoms with Crippen LogP contribution < -0.4 is 15.4 Å². The van der Waals surface area contributed by atoms with Crippen LogP contribution in [0.2, 0.25) is 0 Å². The standard InChI is InChI=1S/C15H17N3OS/c1-2-14(19-13-8-4-3-5-9-13)18-15(20)17-12-7-6-10-16-11-12/h3-11,14H,2H2,1H3,(H2,17,18,20). The second-order valence-corrected chi connectivity index (χ2v) is 4.58. The molecule has 1 heterocycles. The fourth-order valence-electron chi connectivity index (χ4n) is 1.63. The normalized spacial score (nSPS) is 11.4. The van der Waals surface area contributed by atoms with E-state index in [9.17, 15) is 0 Å². The summed E-state index contributed by atoms with van der Waals surface area (Å²) in [6.07, 6.45) is 4.06. The van der Waals surface area contributed by atoms with Crippen LogP contribution in [0.15, 0.2) is 54.9 Å². The highest BCUT2D eigenvalue weighted by atomic mass is 32.1. The van der Waals surface area contributed by atoms with Crippen molar-refractivity contribution in [3.63, 3.8) is 0 Å². The minimum atomic E-state index is -0.172. The number of nitrogens with one attached hydrogen (secondary N) is 2. The lowest BCUT2D eigenvalue weighted by Gasteiger charge is -2.20. The third-order valence-corrected chi connectivity index (χ3v) is 2.82. The Morgan fingerprint density at radius 1 is 1.25 bits per heavy atom. The molecule has 1 atom stereocenters. The van der Waals surface area contributed by atoms with E-state index < -0.39 is 0 Å². The zero-order valence-electron chi connectivity index (χ0n) is 11.2. The Morgan fingerprint density at radius 2 is 2.05 bits per heavy atom. The summed E-state index contributed by atoms with van der Waals surface area (Å²) in [6.45, 7) is 2.04. The number of hydrogen-bond acceptors (Lipinski definition) is 3. The molecule has 4 nitrogen and oxygen atoms in total. The SMILES string of the molecule is CCC(NC(=S)Nc1cccnc1)Oc1ccccc1. The molecule has 2 aromatic rings. The van der Waals surface area contributed by atoms with E-state index in [1.807, 2.05) is 49.4 Å². The summed E-state index contributed by atoms with van der Waals surface area (Å²) in [4.78, 5) is 4.02. The summed E-state index contributed by atoms with van der Waals surface area (Å²) in [7, 11) is 0. The Bertz CT molecular complexity index is 533. The van der Waals surface area contributed by atoms with Gasteiger partial charge in [0.25, 0.3) is 0 Å². The first-order valence-corrected chi connectivity index (χ1v) is 6.88. The third kappa shape index (κ3) is 4.51. The van der Waals surface area contributed by atoms with Gasteiger partial charge in [-0.25, -0.2) is 0 Å². The van der Waals surface area contributed by atoms with E-state index in [1.54, 1.807) is 12.4 Å². The molecule has 0 aliphatic heterocycles. The second kappa shape index (κ2) is 7.45. The van der Waals surface area contributed by atoms with Crippen LogP contribution in [0, 0.1) is 0 Å². The number of thiocarbonyl (C=S) groups is 1. The van der Waals surface area contributed by atoms with Gasteiger partial charge in [-0.1, -0.05) is 25.1 Å². The van der Waals surface area contributed by atoms with Crippen LogP contribution in [0.25, 0.3) is 0 Å². The molecule has 0 saturated heterocycles. The summed E-state index contributed by atoms with van der Waals surface area (Å²) in [5.74, 6) is 0.816. The monoisotopic (exact) mass is 287 g/mol. The molecule has 20 heavy (non-hydrogen) atoms. The highest BCUT2D eigenvalue weighted by Gasteiger charge is 2.09. The molecule has 1 aromatic carbocycles. The Hall–Kier alpha value is -2.14. The first-order valence-electron chi connectivity index (χ1n) is 6.47. The van der Waals surface area contributed by atoms with Crippen LogP contribution in [0.5, 0.6) is 5.75 Å². The van der Waals surface area contributed by atoms with Crippen molar-refractivity contribution in [2.24, 2.45) is 0 Å². The molecule has 104 valence electrons. The third-order valence-electron chi connectivity index (χ3n) is 2.60. The van der Waals surface area contributed by atoms with Gasteiger partial charge in [0.05, 0.1) is 11.9 Å². The lowest BCUT2D eigenvalue weighted by Crippen LogP contribution is -2.41. The maximum atomic E-state index is 5.82. The highest BCUT2D eigenvalue weighted by Crippen LogP contribution is 2.11. The number of anilines is 1. The van der Waals surface area contributed by atoms with Crippen LogP contribution >= 0.6 is 12.2 Å². The Kier molecular flexibility index (Phi) is 5.32. The summed E-state index contributed by atoms with van der Waals surface area (Å²) in [5.41, 5.74) is 0.847. The largest absolute Gasteiger partial charge is 0.471 e. The summed E-state index contributed by atoms with van der Waals surface area (Å²) in [5, 5.41) is 6.72. The van der Waals surface area contributed by atoms with Crippen LogP contribution in [-0.2, 0) is 0 Å². The first-order chi connectivity index (χ1) is 9.78. The number of pyridine rings is 1. The molecule has 0 spiro atoms. The van der Waals surface area contributed by atoms with E-state index >= 15 is 0 Å². The van der Waals surface area contributed by atoms with Crippen molar-refractivity contribution in [3.05, 3.63) is 54.9 Å². The molecule has 1 aromatic heterocycles. The van der Waals surface area contributed by atoms with Crippen LogP contribution in [0.1, 0.15) is 13.3 Å². The van der Waals surface area contributed by atoms with Gasteiger partial charge >= 0.3 is 0 Å². The smallest absolute Gasteiger partial charge is 0.173 e. The summed E-state index contributed by atoms with van der Waals surface area (Å²) >= 11 is 5.26. The molecule has 0 saturated carbocycles. The molecule has 2 N–H and O–H groups in total. The quantitative estimate of drug-likeness (QED) is 0.653.